The van der Waals surface area contributed by atoms with Crippen LogP contribution in [-0.4, -0.2) is 29.0 Å². The van der Waals surface area contributed by atoms with E-state index in [0.29, 0.717) is 25.5 Å². The first-order valence-corrected chi connectivity index (χ1v) is 4.60. The van der Waals surface area contributed by atoms with Gasteiger partial charge in [-0.25, -0.2) is 9.97 Å². The Morgan fingerprint density at radius 1 is 1.43 bits per heavy atom. The molecular weight excluding hydrogens is 180 g/mol. The molecule has 1 aromatic rings. The lowest BCUT2D eigenvalue weighted by Crippen LogP contribution is -2.24. The highest BCUT2D eigenvalue weighted by Crippen LogP contribution is 1.93. The lowest BCUT2D eigenvalue weighted by molar-refractivity contribution is -0.120. The van der Waals surface area contributed by atoms with Gasteiger partial charge in [0.05, 0.1) is 0 Å². The number of nitrogens with zero attached hydrogens (tertiary/aromatic N) is 2. The van der Waals surface area contributed by atoms with E-state index in [2.05, 4.69) is 20.6 Å². The predicted molar refractivity (Wildman–Crippen MR) is 53.8 cm³/mol. The lowest BCUT2D eigenvalue weighted by Gasteiger charge is -2.03. The molecule has 2 N–H and O–H groups in total. The first-order chi connectivity index (χ1) is 6.83. The van der Waals surface area contributed by atoms with E-state index < -0.39 is 0 Å². The van der Waals surface area contributed by atoms with Gasteiger partial charge in [0, 0.05) is 31.9 Å². The van der Waals surface area contributed by atoms with Crippen molar-refractivity contribution in [3.63, 3.8) is 0 Å². The highest BCUT2D eigenvalue weighted by molar-refractivity contribution is 5.76. The Kier molecular flexibility index (Phi) is 4.40. The molecule has 0 bridgehead atoms. The second kappa shape index (κ2) is 5.90. The Bertz CT molecular complexity index is 275. The van der Waals surface area contributed by atoms with Crippen LogP contribution in [0.15, 0.2) is 18.5 Å². The van der Waals surface area contributed by atoms with Gasteiger partial charge in [0.15, 0.2) is 0 Å². The Morgan fingerprint density at radius 2 is 2.14 bits per heavy atom. The Labute approximate surface area is 83.0 Å². The van der Waals surface area contributed by atoms with Crippen molar-refractivity contribution >= 4 is 11.9 Å². The summed E-state index contributed by atoms with van der Waals surface area (Å²) in [5, 5.41) is 5.66. The van der Waals surface area contributed by atoms with Crippen LogP contribution in [-0.2, 0) is 4.79 Å². The third-order valence-corrected chi connectivity index (χ3v) is 1.57. The SMILES string of the molecule is CCNC(=O)CCNc1ncccn1. The molecule has 1 rings (SSSR count). The molecule has 0 unspecified atom stereocenters. The normalized spacial score (nSPS) is 9.50. The van der Waals surface area contributed by atoms with Gasteiger partial charge >= 0.3 is 0 Å². The van der Waals surface area contributed by atoms with E-state index in [1.165, 1.54) is 0 Å². The largest absolute Gasteiger partial charge is 0.356 e. The fourth-order valence-electron chi connectivity index (χ4n) is 0.964. The molecule has 5 heteroatoms. The van der Waals surface area contributed by atoms with Crippen molar-refractivity contribution in [3.8, 4) is 0 Å². The summed E-state index contributed by atoms with van der Waals surface area (Å²) in [7, 11) is 0. The fourth-order valence-corrected chi connectivity index (χ4v) is 0.964. The van der Waals surface area contributed by atoms with Crippen LogP contribution in [0.4, 0.5) is 5.95 Å². The van der Waals surface area contributed by atoms with Crippen LogP contribution in [0, 0.1) is 0 Å². The molecular formula is C9H14N4O. The minimum Gasteiger partial charge on any atom is -0.356 e. The molecule has 76 valence electrons. The summed E-state index contributed by atoms with van der Waals surface area (Å²) >= 11 is 0. The van der Waals surface area contributed by atoms with E-state index in [-0.39, 0.29) is 5.91 Å². The Balaban J connectivity index is 2.19. The molecule has 0 spiro atoms. The number of hydrogen-bond donors (Lipinski definition) is 2. The second-order valence-corrected chi connectivity index (χ2v) is 2.70. The molecule has 0 radical (unpaired) electrons. The summed E-state index contributed by atoms with van der Waals surface area (Å²) in [6.45, 7) is 3.11. The number of rotatable bonds is 5. The first kappa shape index (κ1) is 10.4. The van der Waals surface area contributed by atoms with Crippen molar-refractivity contribution in [2.24, 2.45) is 0 Å². The molecule has 0 aliphatic carbocycles. The van der Waals surface area contributed by atoms with Crippen LogP contribution in [0.2, 0.25) is 0 Å². The van der Waals surface area contributed by atoms with Crippen molar-refractivity contribution in [2.45, 2.75) is 13.3 Å². The maximum Gasteiger partial charge on any atom is 0.222 e. The van der Waals surface area contributed by atoms with Crippen molar-refractivity contribution in [3.05, 3.63) is 18.5 Å². The van der Waals surface area contributed by atoms with Gasteiger partial charge in [0.2, 0.25) is 11.9 Å². The zero-order chi connectivity index (χ0) is 10.2. The summed E-state index contributed by atoms with van der Waals surface area (Å²) in [6, 6.07) is 1.75. The minimum atomic E-state index is 0.0379. The quantitative estimate of drug-likeness (QED) is 0.712. The molecule has 1 amide bonds. The molecule has 0 saturated carbocycles. The zero-order valence-electron chi connectivity index (χ0n) is 8.16. The summed E-state index contributed by atoms with van der Waals surface area (Å²) < 4.78 is 0. The molecule has 0 fully saturated rings. The van der Waals surface area contributed by atoms with Crippen LogP contribution in [0.25, 0.3) is 0 Å². The summed E-state index contributed by atoms with van der Waals surface area (Å²) in [6.07, 6.45) is 3.75. The molecule has 14 heavy (non-hydrogen) atoms. The second-order valence-electron chi connectivity index (χ2n) is 2.70. The summed E-state index contributed by atoms with van der Waals surface area (Å²) in [5.41, 5.74) is 0. The van der Waals surface area contributed by atoms with E-state index in [9.17, 15) is 4.79 Å². The average Bonchev–Trinajstić information content (AvgIpc) is 2.20. The Hall–Kier alpha value is -1.65. The van der Waals surface area contributed by atoms with E-state index in [4.69, 9.17) is 0 Å². The highest BCUT2D eigenvalue weighted by Gasteiger charge is 1.98. The van der Waals surface area contributed by atoms with Crippen molar-refractivity contribution in [1.29, 1.82) is 0 Å². The van der Waals surface area contributed by atoms with Gasteiger partial charge in [0.1, 0.15) is 0 Å². The van der Waals surface area contributed by atoms with Gasteiger partial charge in [0.25, 0.3) is 0 Å². The van der Waals surface area contributed by atoms with Gasteiger partial charge in [-0.1, -0.05) is 0 Å². The molecule has 0 aliphatic heterocycles. The number of anilines is 1. The zero-order valence-corrected chi connectivity index (χ0v) is 8.16. The molecule has 1 aromatic heterocycles. The van der Waals surface area contributed by atoms with Gasteiger partial charge < -0.3 is 10.6 Å². The monoisotopic (exact) mass is 194 g/mol. The van der Waals surface area contributed by atoms with Gasteiger partial charge in [-0.05, 0) is 13.0 Å². The third-order valence-electron chi connectivity index (χ3n) is 1.57. The smallest absolute Gasteiger partial charge is 0.222 e. The molecule has 0 aliphatic rings. The number of aromatic nitrogens is 2. The van der Waals surface area contributed by atoms with Gasteiger partial charge in [-0.2, -0.15) is 0 Å². The maximum atomic E-state index is 11.0. The number of nitrogens with one attached hydrogen (secondary N) is 2. The topological polar surface area (TPSA) is 66.9 Å². The van der Waals surface area contributed by atoms with Crippen LogP contribution < -0.4 is 10.6 Å². The summed E-state index contributed by atoms with van der Waals surface area (Å²) in [4.78, 5) is 19.0. The number of hydrogen-bond acceptors (Lipinski definition) is 4. The van der Waals surface area contributed by atoms with Gasteiger partial charge in [-0.15, -0.1) is 0 Å². The van der Waals surface area contributed by atoms with E-state index in [1.54, 1.807) is 18.5 Å². The van der Waals surface area contributed by atoms with Gasteiger partial charge in [-0.3, -0.25) is 4.79 Å². The van der Waals surface area contributed by atoms with Crippen molar-refractivity contribution < 1.29 is 4.79 Å². The fraction of sp³-hybridized carbons (Fsp3) is 0.444. The van der Waals surface area contributed by atoms with Crippen LogP contribution in [0.5, 0.6) is 0 Å². The Morgan fingerprint density at radius 3 is 2.79 bits per heavy atom. The van der Waals surface area contributed by atoms with E-state index in [1.807, 2.05) is 6.92 Å². The molecule has 5 nitrogen and oxygen atoms in total. The average molecular weight is 194 g/mol. The number of carbonyl (C=O) groups is 1. The molecule has 0 aromatic carbocycles. The lowest BCUT2D eigenvalue weighted by atomic mass is 10.4. The summed E-state index contributed by atoms with van der Waals surface area (Å²) in [5.74, 6) is 0.590. The number of amides is 1. The minimum absolute atomic E-state index is 0.0379. The first-order valence-electron chi connectivity index (χ1n) is 4.60. The van der Waals surface area contributed by atoms with E-state index in [0.717, 1.165) is 0 Å². The molecule has 0 saturated heterocycles. The maximum absolute atomic E-state index is 11.0. The van der Waals surface area contributed by atoms with Crippen molar-refractivity contribution in [2.75, 3.05) is 18.4 Å². The number of carbonyl (C=O) groups excluding carboxylic acids is 1. The highest BCUT2D eigenvalue weighted by atomic mass is 16.1. The van der Waals surface area contributed by atoms with Crippen molar-refractivity contribution in [1.82, 2.24) is 15.3 Å². The standard InChI is InChI=1S/C9H14N4O/c1-2-10-8(14)4-7-13-9-11-5-3-6-12-9/h3,5-6H,2,4,7H2,1H3,(H,10,14)(H,11,12,13). The molecule has 1 heterocycles. The van der Waals surface area contributed by atoms with E-state index >= 15 is 0 Å². The molecule has 0 atom stereocenters. The van der Waals surface area contributed by atoms with Crippen LogP contribution in [0.1, 0.15) is 13.3 Å². The third kappa shape index (κ3) is 3.84. The van der Waals surface area contributed by atoms with Crippen LogP contribution in [0.3, 0.4) is 0 Å². The van der Waals surface area contributed by atoms with Crippen LogP contribution >= 0.6 is 0 Å². The predicted octanol–water partition coefficient (Wildman–Crippen LogP) is 0.415.